The number of esters is 1. The lowest BCUT2D eigenvalue weighted by Gasteiger charge is -2.03. The van der Waals surface area contributed by atoms with Crippen molar-refractivity contribution >= 4 is 28.0 Å². The number of ether oxygens (including phenoxy) is 2. The molecule has 0 spiro atoms. The van der Waals surface area contributed by atoms with Crippen LogP contribution in [0.4, 0.5) is 0 Å². The van der Waals surface area contributed by atoms with Gasteiger partial charge >= 0.3 is 5.97 Å². The monoisotopic (exact) mass is 404 g/mol. The standard InChI is InChI=1S/C17H13BrN2O5/c1-22-13-5-3-2-4-12(13)17-19-15(25-20-17)10-23-16(21)9-7-11-6-8-14(18)24-11/h2-9H,10H2,1H3/b9-7+. The first-order chi connectivity index (χ1) is 12.2. The first-order valence-electron chi connectivity index (χ1n) is 7.22. The zero-order valence-electron chi connectivity index (χ0n) is 13.1. The molecular weight excluding hydrogens is 392 g/mol. The number of hydrogen-bond acceptors (Lipinski definition) is 7. The number of rotatable bonds is 6. The molecule has 0 saturated carbocycles. The van der Waals surface area contributed by atoms with Crippen LogP contribution in [0, 0.1) is 0 Å². The largest absolute Gasteiger partial charge is 0.496 e. The van der Waals surface area contributed by atoms with Gasteiger partial charge in [-0.25, -0.2) is 4.79 Å². The van der Waals surface area contributed by atoms with Gasteiger partial charge in [-0.2, -0.15) is 4.98 Å². The second kappa shape index (κ2) is 7.80. The lowest BCUT2D eigenvalue weighted by molar-refractivity contribution is -0.139. The number of benzene rings is 1. The Bertz CT molecular complexity index is 900. The van der Waals surface area contributed by atoms with Gasteiger partial charge in [0, 0.05) is 6.08 Å². The molecule has 3 aromatic rings. The molecule has 3 rings (SSSR count). The average molecular weight is 405 g/mol. The second-order valence-electron chi connectivity index (χ2n) is 4.79. The van der Waals surface area contributed by atoms with Crippen molar-refractivity contribution in [1.82, 2.24) is 10.1 Å². The van der Waals surface area contributed by atoms with Gasteiger partial charge in [-0.15, -0.1) is 0 Å². The van der Waals surface area contributed by atoms with Crippen molar-refractivity contribution in [3.63, 3.8) is 0 Å². The van der Waals surface area contributed by atoms with E-state index in [0.717, 1.165) is 0 Å². The summed E-state index contributed by atoms with van der Waals surface area (Å²) >= 11 is 3.18. The van der Waals surface area contributed by atoms with Crippen LogP contribution in [0.5, 0.6) is 5.75 Å². The Labute approximate surface area is 151 Å². The van der Waals surface area contributed by atoms with Gasteiger partial charge in [-0.05, 0) is 46.3 Å². The van der Waals surface area contributed by atoms with Crippen LogP contribution in [0.25, 0.3) is 17.5 Å². The molecule has 8 heteroatoms. The third-order valence-electron chi connectivity index (χ3n) is 3.13. The van der Waals surface area contributed by atoms with Crippen LogP contribution >= 0.6 is 15.9 Å². The number of aromatic nitrogens is 2. The number of carbonyl (C=O) groups excluding carboxylic acids is 1. The fourth-order valence-corrected chi connectivity index (χ4v) is 2.32. The van der Waals surface area contributed by atoms with E-state index in [1.54, 1.807) is 25.3 Å². The molecule has 0 saturated heterocycles. The van der Waals surface area contributed by atoms with Crippen molar-refractivity contribution in [2.24, 2.45) is 0 Å². The van der Waals surface area contributed by atoms with Crippen LogP contribution in [-0.4, -0.2) is 23.2 Å². The summed E-state index contributed by atoms with van der Waals surface area (Å²) in [7, 11) is 1.56. The summed E-state index contributed by atoms with van der Waals surface area (Å²) in [6.07, 6.45) is 2.75. The minimum atomic E-state index is -0.551. The molecule has 0 fully saturated rings. The number of methoxy groups -OCH3 is 1. The van der Waals surface area contributed by atoms with E-state index in [1.165, 1.54) is 12.2 Å². The quantitative estimate of drug-likeness (QED) is 0.455. The fraction of sp³-hybridized carbons (Fsp3) is 0.118. The van der Waals surface area contributed by atoms with Crippen LogP contribution < -0.4 is 4.74 Å². The van der Waals surface area contributed by atoms with Gasteiger partial charge in [0.25, 0.3) is 5.89 Å². The summed E-state index contributed by atoms with van der Waals surface area (Å²) in [6, 6.07) is 10.7. The molecule has 0 atom stereocenters. The van der Waals surface area contributed by atoms with Crippen LogP contribution in [0.2, 0.25) is 0 Å². The van der Waals surface area contributed by atoms with Crippen LogP contribution in [0.1, 0.15) is 11.7 Å². The van der Waals surface area contributed by atoms with Crippen molar-refractivity contribution in [3.8, 4) is 17.1 Å². The molecule has 25 heavy (non-hydrogen) atoms. The van der Waals surface area contributed by atoms with Crippen LogP contribution in [0.15, 0.2) is 56.1 Å². The molecule has 0 bridgehead atoms. The highest BCUT2D eigenvalue weighted by Crippen LogP contribution is 2.27. The zero-order valence-corrected chi connectivity index (χ0v) is 14.7. The number of halogens is 1. The summed E-state index contributed by atoms with van der Waals surface area (Å²) in [4.78, 5) is 15.9. The van der Waals surface area contributed by atoms with Crippen molar-refractivity contribution < 1.29 is 23.2 Å². The Morgan fingerprint density at radius 1 is 1.28 bits per heavy atom. The minimum Gasteiger partial charge on any atom is -0.496 e. The number of para-hydroxylation sites is 1. The maximum Gasteiger partial charge on any atom is 0.331 e. The van der Waals surface area contributed by atoms with Crippen molar-refractivity contribution in [2.45, 2.75) is 6.61 Å². The van der Waals surface area contributed by atoms with E-state index >= 15 is 0 Å². The Hall–Kier alpha value is -2.87. The van der Waals surface area contributed by atoms with Crippen LogP contribution in [-0.2, 0) is 16.1 Å². The molecule has 0 aliphatic carbocycles. The van der Waals surface area contributed by atoms with Gasteiger partial charge < -0.3 is 18.4 Å². The third kappa shape index (κ3) is 4.36. The Morgan fingerprint density at radius 2 is 2.12 bits per heavy atom. The molecule has 128 valence electrons. The predicted molar refractivity (Wildman–Crippen MR) is 91.5 cm³/mol. The molecule has 0 radical (unpaired) electrons. The molecular formula is C17H13BrN2O5. The van der Waals surface area contributed by atoms with Gasteiger partial charge in [0.15, 0.2) is 11.3 Å². The first kappa shape index (κ1) is 17.0. The van der Waals surface area contributed by atoms with Crippen molar-refractivity contribution in [2.75, 3.05) is 7.11 Å². The fourth-order valence-electron chi connectivity index (χ4n) is 2.00. The smallest absolute Gasteiger partial charge is 0.331 e. The van der Waals surface area contributed by atoms with Gasteiger partial charge in [-0.3, -0.25) is 0 Å². The normalized spacial score (nSPS) is 11.0. The van der Waals surface area contributed by atoms with Gasteiger partial charge in [0.05, 0.1) is 12.7 Å². The van der Waals surface area contributed by atoms with Gasteiger partial charge in [0.2, 0.25) is 5.82 Å². The number of hydrogen-bond donors (Lipinski definition) is 0. The molecule has 0 aliphatic rings. The second-order valence-corrected chi connectivity index (χ2v) is 5.58. The lowest BCUT2D eigenvalue weighted by Crippen LogP contribution is -2.00. The topological polar surface area (TPSA) is 87.6 Å². The number of carbonyl (C=O) groups is 1. The third-order valence-corrected chi connectivity index (χ3v) is 3.56. The molecule has 0 N–H and O–H groups in total. The molecule has 1 aromatic carbocycles. The van der Waals surface area contributed by atoms with Gasteiger partial charge in [-0.1, -0.05) is 17.3 Å². The Kier molecular flexibility index (Phi) is 5.30. The zero-order chi connectivity index (χ0) is 17.6. The van der Waals surface area contributed by atoms with Gasteiger partial charge in [0.1, 0.15) is 11.5 Å². The van der Waals surface area contributed by atoms with E-state index in [9.17, 15) is 4.79 Å². The SMILES string of the molecule is COc1ccccc1-c1noc(COC(=O)/C=C/c2ccc(Br)o2)n1. The number of nitrogens with zero attached hydrogens (tertiary/aromatic N) is 2. The van der Waals surface area contributed by atoms with E-state index in [4.69, 9.17) is 18.4 Å². The Balaban J connectivity index is 1.60. The minimum absolute atomic E-state index is 0.132. The maximum absolute atomic E-state index is 11.7. The molecule has 0 amide bonds. The molecule has 0 aliphatic heterocycles. The molecule has 7 nitrogen and oxygen atoms in total. The maximum atomic E-state index is 11.7. The van der Waals surface area contributed by atoms with E-state index in [1.807, 2.05) is 18.2 Å². The Morgan fingerprint density at radius 3 is 2.88 bits per heavy atom. The highest BCUT2D eigenvalue weighted by molar-refractivity contribution is 9.10. The lowest BCUT2D eigenvalue weighted by atomic mass is 10.2. The van der Waals surface area contributed by atoms with Crippen LogP contribution in [0.3, 0.4) is 0 Å². The summed E-state index contributed by atoms with van der Waals surface area (Å²) in [5.74, 6) is 1.15. The molecule has 0 unspecified atom stereocenters. The summed E-state index contributed by atoms with van der Waals surface area (Å²) < 4.78 is 21.2. The summed E-state index contributed by atoms with van der Waals surface area (Å²) in [5.41, 5.74) is 0.689. The predicted octanol–water partition coefficient (Wildman–Crippen LogP) is 3.86. The van der Waals surface area contributed by atoms with E-state index < -0.39 is 5.97 Å². The highest BCUT2D eigenvalue weighted by atomic mass is 79.9. The first-order valence-corrected chi connectivity index (χ1v) is 8.01. The van der Waals surface area contributed by atoms with Crippen molar-refractivity contribution in [1.29, 1.82) is 0 Å². The van der Waals surface area contributed by atoms with Crippen molar-refractivity contribution in [3.05, 3.63) is 58.8 Å². The highest BCUT2D eigenvalue weighted by Gasteiger charge is 2.13. The number of furan rings is 1. The van der Waals surface area contributed by atoms with E-state index in [2.05, 4.69) is 26.1 Å². The molecule has 2 aromatic heterocycles. The summed E-state index contributed by atoms with van der Waals surface area (Å²) in [5, 5.41) is 3.87. The molecule has 2 heterocycles. The average Bonchev–Trinajstić information content (AvgIpc) is 3.27. The van der Waals surface area contributed by atoms with E-state index in [0.29, 0.717) is 27.6 Å². The summed E-state index contributed by atoms with van der Waals surface area (Å²) in [6.45, 7) is -0.132. The van der Waals surface area contributed by atoms with E-state index in [-0.39, 0.29) is 12.5 Å².